The minimum absolute atomic E-state index is 0.165. The van der Waals surface area contributed by atoms with Gasteiger partial charge in [0.15, 0.2) is 11.5 Å². The van der Waals surface area contributed by atoms with E-state index in [0.29, 0.717) is 36.7 Å². The maximum atomic E-state index is 13.1. The van der Waals surface area contributed by atoms with Crippen molar-refractivity contribution in [2.75, 3.05) is 6.61 Å². The topological polar surface area (TPSA) is 89.5 Å². The van der Waals surface area contributed by atoms with Crippen LogP contribution in [0.25, 0.3) is 0 Å². The van der Waals surface area contributed by atoms with Crippen LogP contribution in [0.2, 0.25) is 0 Å². The lowest BCUT2D eigenvalue weighted by Gasteiger charge is -2.19. The highest BCUT2D eigenvalue weighted by Crippen LogP contribution is 2.29. The Morgan fingerprint density at radius 3 is 2.44 bits per heavy atom. The van der Waals surface area contributed by atoms with E-state index in [9.17, 15) is 9.59 Å². The zero-order valence-electron chi connectivity index (χ0n) is 19.2. The highest BCUT2D eigenvalue weighted by molar-refractivity contribution is 5.98. The Bertz CT molecular complexity index is 1100. The molecule has 0 aliphatic heterocycles. The summed E-state index contributed by atoms with van der Waals surface area (Å²) in [4.78, 5) is 29.9. The normalized spacial score (nSPS) is 13.6. The van der Waals surface area contributed by atoms with Crippen LogP contribution in [-0.4, -0.2) is 35.5 Å². The molecule has 0 radical (unpaired) electrons. The molecule has 1 atom stereocenters. The maximum Gasteiger partial charge on any atom is 0.252 e. The van der Waals surface area contributed by atoms with Gasteiger partial charge in [0, 0.05) is 30.4 Å². The molecule has 1 heterocycles. The number of amides is 2. The number of benzene rings is 2. The number of pyridine rings is 1. The molecule has 2 N–H and O–H groups in total. The van der Waals surface area contributed by atoms with Gasteiger partial charge >= 0.3 is 0 Å². The van der Waals surface area contributed by atoms with Crippen molar-refractivity contribution in [2.24, 2.45) is 0 Å². The van der Waals surface area contributed by atoms with E-state index in [1.165, 1.54) is 0 Å². The third kappa shape index (κ3) is 6.57. The summed E-state index contributed by atoms with van der Waals surface area (Å²) in [7, 11) is 0. The van der Waals surface area contributed by atoms with E-state index in [-0.39, 0.29) is 17.9 Å². The van der Waals surface area contributed by atoms with Gasteiger partial charge < -0.3 is 20.1 Å². The monoisotopic (exact) mass is 459 g/mol. The number of nitrogens with one attached hydrogen (secondary N) is 2. The van der Waals surface area contributed by atoms with Crippen molar-refractivity contribution in [3.63, 3.8) is 0 Å². The second-order valence-electron chi connectivity index (χ2n) is 8.24. The van der Waals surface area contributed by atoms with Crippen molar-refractivity contribution < 1.29 is 19.1 Å². The summed E-state index contributed by atoms with van der Waals surface area (Å²) in [6.45, 7) is 2.66. The fourth-order valence-corrected chi connectivity index (χ4v) is 3.51. The number of ether oxygens (including phenoxy) is 2. The molecule has 34 heavy (non-hydrogen) atoms. The van der Waals surface area contributed by atoms with Gasteiger partial charge in [-0.25, -0.2) is 0 Å². The zero-order valence-corrected chi connectivity index (χ0v) is 19.2. The predicted molar refractivity (Wildman–Crippen MR) is 129 cm³/mol. The predicted octanol–water partition coefficient (Wildman–Crippen LogP) is 3.68. The summed E-state index contributed by atoms with van der Waals surface area (Å²) in [5, 5.41) is 5.91. The van der Waals surface area contributed by atoms with Crippen LogP contribution in [-0.2, 0) is 17.8 Å². The lowest BCUT2D eigenvalue weighted by atomic mass is 10.0. The fraction of sp³-hybridized carbons (Fsp3) is 0.296. The van der Waals surface area contributed by atoms with Crippen molar-refractivity contribution >= 4 is 11.8 Å². The number of hydrogen-bond acceptors (Lipinski definition) is 5. The molecule has 1 saturated carbocycles. The minimum atomic E-state index is -0.673. The second-order valence-corrected chi connectivity index (χ2v) is 8.24. The summed E-state index contributed by atoms with van der Waals surface area (Å²) < 4.78 is 11.6. The number of rotatable bonds is 11. The highest BCUT2D eigenvalue weighted by Gasteiger charge is 2.29. The fourth-order valence-electron chi connectivity index (χ4n) is 3.51. The number of nitrogens with zero attached hydrogens (tertiary/aromatic N) is 1. The third-order valence-electron chi connectivity index (χ3n) is 5.48. The molecule has 0 bridgehead atoms. The first kappa shape index (κ1) is 23.3. The van der Waals surface area contributed by atoms with Crippen LogP contribution in [0.3, 0.4) is 0 Å². The lowest BCUT2D eigenvalue weighted by molar-refractivity contribution is -0.123. The quantitative estimate of drug-likeness (QED) is 0.457. The van der Waals surface area contributed by atoms with Crippen molar-refractivity contribution in [3.8, 4) is 11.5 Å². The minimum Gasteiger partial charge on any atom is -0.490 e. The first-order valence-electron chi connectivity index (χ1n) is 11.6. The van der Waals surface area contributed by atoms with Crippen LogP contribution in [0, 0.1) is 0 Å². The summed E-state index contributed by atoms with van der Waals surface area (Å²) in [5.41, 5.74) is 2.36. The molecule has 176 valence electrons. The number of carbonyl (C=O) groups excluding carboxylic acids is 2. The number of carbonyl (C=O) groups is 2. The van der Waals surface area contributed by atoms with E-state index in [4.69, 9.17) is 9.47 Å². The lowest BCUT2D eigenvalue weighted by Crippen LogP contribution is -2.48. The molecule has 1 fully saturated rings. The van der Waals surface area contributed by atoms with Gasteiger partial charge in [0.25, 0.3) is 5.91 Å². The Hall–Kier alpha value is -3.87. The first-order chi connectivity index (χ1) is 16.6. The number of aromatic nitrogens is 1. The number of hydrogen-bond donors (Lipinski definition) is 2. The molecule has 1 aliphatic carbocycles. The standard InChI is InChI=1S/C27H29N3O4/c1-2-33-25-17-21(8-11-24(25)34-18-20-12-14-28-15-13-20)26(31)30-23(27(32)29-22-9-10-22)16-19-6-4-3-5-7-19/h3-8,11-15,17,22-23H,2,9-10,16,18H2,1H3,(H,29,32)(H,30,31). The van der Waals surface area contributed by atoms with Crippen LogP contribution >= 0.6 is 0 Å². The molecule has 4 rings (SSSR count). The molecule has 1 aromatic heterocycles. The summed E-state index contributed by atoms with van der Waals surface area (Å²) in [5.74, 6) is 0.518. The van der Waals surface area contributed by atoms with E-state index in [1.54, 1.807) is 30.6 Å². The van der Waals surface area contributed by atoms with E-state index in [2.05, 4.69) is 15.6 Å². The van der Waals surface area contributed by atoms with Crippen LogP contribution < -0.4 is 20.1 Å². The van der Waals surface area contributed by atoms with Gasteiger partial charge in [0.2, 0.25) is 5.91 Å². The van der Waals surface area contributed by atoms with Crippen molar-refractivity contribution in [2.45, 2.75) is 44.9 Å². The van der Waals surface area contributed by atoms with Crippen LogP contribution in [0.5, 0.6) is 11.5 Å². The molecule has 1 unspecified atom stereocenters. The van der Waals surface area contributed by atoms with Crippen molar-refractivity contribution in [1.82, 2.24) is 15.6 Å². The average Bonchev–Trinajstić information content (AvgIpc) is 3.68. The molecule has 2 amide bonds. The van der Waals surface area contributed by atoms with Gasteiger partial charge in [-0.05, 0) is 61.2 Å². The average molecular weight is 460 g/mol. The van der Waals surface area contributed by atoms with Crippen LogP contribution in [0.4, 0.5) is 0 Å². The molecular formula is C27H29N3O4. The molecule has 2 aromatic carbocycles. The molecule has 0 spiro atoms. The summed E-state index contributed by atoms with van der Waals surface area (Å²) >= 11 is 0. The van der Waals surface area contributed by atoms with Crippen LogP contribution in [0.15, 0.2) is 73.1 Å². The van der Waals surface area contributed by atoms with E-state index in [0.717, 1.165) is 24.0 Å². The molecule has 7 nitrogen and oxygen atoms in total. The second kappa shape index (κ2) is 11.3. The Labute approximate surface area is 199 Å². The largest absolute Gasteiger partial charge is 0.490 e. The SMILES string of the molecule is CCOc1cc(C(=O)NC(Cc2ccccc2)C(=O)NC2CC2)ccc1OCc1ccncc1. The molecule has 1 aliphatic rings. The summed E-state index contributed by atoms with van der Waals surface area (Å²) in [6.07, 6.45) is 5.80. The smallest absolute Gasteiger partial charge is 0.252 e. The highest BCUT2D eigenvalue weighted by atomic mass is 16.5. The van der Waals surface area contributed by atoms with Gasteiger partial charge in [-0.2, -0.15) is 0 Å². The van der Waals surface area contributed by atoms with Crippen molar-refractivity contribution in [1.29, 1.82) is 0 Å². The Morgan fingerprint density at radius 1 is 0.971 bits per heavy atom. The molecule has 7 heteroatoms. The molecular weight excluding hydrogens is 430 g/mol. The summed E-state index contributed by atoms with van der Waals surface area (Å²) in [6, 6.07) is 18.0. The Kier molecular flexibility index (Phi) is 7.75. The Morgan fingerprint density at radius 2 is 1.74 bits per heavy atom. The van der Waals surface area contributed by atoms with Gasteiger partial charge in [-0.15, -0.1) is 0 Å². The van der Waals surface area contributed by atoms with E-state index >= 15 is 0 Å². The maximum absolute atomic E-state index is 13.1. The zero-order chi connectivity index (χ0) is 23.8. The molecule has 3 aromatic rings. The van der Waals surface area contributed by atoms with Gasteiger partial charge in [0.1, 0.15) is 12.6 Å². The van der Waals surface area contributed by atoms with Crippen molar-refractivity contribution in [3.05, 3.63) is 89.7 Å². The van der Waals surface area contributed by atoms with Gasteiger partial charge in [-0.1, -0.05) is 30.3 Å². The van der Waals surface area contributed by atoms with Crippen LogP contribution in [0.1, 0.15) is 41.3 Å². The Balaban J connectivity index is 1.47. The molecule has 0 saturated heterocycles. The van der Waals surface area contributed by atoms with Gasteiger partial charge in [0.05, 0.1) is 6.61 Å². The third-order valence-corrected chi connectivity index (χ3v) is 5.48. The first-order valence-corrected chi connectivity index (χ1v) is 11.6. The van der Waals surface area contributed by atoms with Gasteiger partial charge in [-0.3, -0.25) is 14.6 Å². The van der Waals surface area contributed by atoms with E-state index in [1.807, 2.05) is 49.4 Å². The van der Waals surface area contributed by atoms with E-state index < -0.39 is 6.04 Å².